The molecule has 18 heavy (non-hydrogen) atoms. The zero-order chi connectivity index (χ0) is 13.2. The van der Waals surface area contributed by atoms with E-state index >= 15 is 0 Å². The first-order valence-corrected chi connectivity index (χ1v) is 5.78. The van der Waals surface area contributed by atoms with Crippen molar-refractivity contribution in [2.75, 3.05) is 0 Å². The second-order valence-corrected chi connectivity index (χ2v) is 5.35. The zero-order valence-corrected chi connectivity index (χ0v) is 14.4. The van der Waals surface area contributed by atoms with Gasteiger partial charge >= 0.3 is 0 Å². The van der Waals surface area contributed by atoms with E-state index in [4.69, 9.17) is 5.73 Å². The minimum atomic E-state index is -0.0629. The lowest BCUT2D eigenvalue weighted by molar-refractivity contribution is 0.508. The SMILES string of the molecule is Cc1nn(C)c(C)c1CN=C(N)NC(C)(C)C.I. The maximum absolute atomic E-state index is 5.83. The van der Waals surface area contributed by atoms with Gasteiger partial charge < -0.3 is 11.1 Å². The van der Waals surface area contributed by atoms with E-state index in [2.05, 4.69) is 36.2 Å². The highest BCUT2D eigenvalue weighted by atomic mass is 127. The minimum Gasteiger partial charge on any atom is -0.370 e. The number of nitrogens with two attached hydrogens (primary N) is 1. The maximum Gasteiger partial charge on any atom is 0.189 e. The van der Waals surface area contributed by atoms with Crippen LogP contribution in [-0.4, -0.2) is 21.3 Å². The van der Waals surface area contributed by atoms with E-state index in [1.54, 1.807) is 0 Å². The summed E-state index contributed by atoms with van der Waals surface area (Å²) >= 11 is 0. The molecule has 0 unspecified atom stereocenters. The van der Waals surface area contributed by atoms with Crippen LogP contribution < -0.4 is 11.1 Å². The number of guanidine groups is 1. The number of aliphatic imine (C=N–C) groups is 1. The minimum absolute atomic E-state index is 0. The fourth-order valence-corrected chi connectivity index (χ4v) is 1.63. The fraction of sp³-hybridized carbons (Fsp3) is 0.667. The van der Waals surface area contributed by atoms with Gasteiger partial charge in [0.15, 0.2) is 5.96 Å². The number of hydrogen-bond acceptors (Lipinski definition) is 2. The maximum atomic E-state index is 5.83. The monoisotopic (exact) mass is 365 g/mol. The van der Waals surface area contributed by atoms with Crippen LogP contribution in [-0.2, 0) is 13.6 Å². The molecule has 1 rings (SSSR count). The average Bonchev–Trinajstić information content (AvgIpc) is 2.36. The predicted octanol–water partition coefficient (Wildman–Crippen LogP) is 1.86. The number of nitrogens with zero attached hydrogens (tertiary/aromatic N) is 3. The Morgan fingerprint density at radius 3 is 2.33 bits per heavy atom. The molecule has 3 N–H and O–H groups in total. The van der Waals surface area contributed by atoms with Gasteiger partial charge in [-0.2, -0.15) is 5.10 Å². The second-order valence-electron chi connectivity index (χ2n) is 5.35. The van der Waals surface area contributed by atoms with Gasteiger partial charge in [0, 0.05) is 23.8 Å². The Hall–Kier alpha value is -0.790. The number of nitrogens with one attached hydrogen (secondary N) is 1. The Balaban J connectivity index is 0.00000289. The molecule has 0 bridgehead atoms. The molecule has 1 heterocycles. The Morgan fingerprint density at radius 1 is 1.39 bits per heavy atom. The van der Waals surface area contributed by atoms with Crippen LogP contribution in [0.2, 0.25) is 0 Å². The van der Waals surface area contributed by atoms with Gasteiger partial charge in [-0.25, -0.2) is 4.99 Å². The summed E-state index contributed by atoms with van der Waals surface area (Å²) < 4.78 is 1.87. The largest absolute Gasteiger partial charge is 0.370 e. The molecule has 0 aromatic carbocycles. The topological polar surface area (TPSA) is 68.2 Å². The van der Waals surface area contributed by atoms with Crippen LogP contribution in [0.4, 0.5) is 0 Å². The summed E-state index contributed by atoms with van der Waals surface area (Å²) in [5.74, 6) is 0.472. The molecule has 0 radical (unpaired) electrons. The van der Waals surface area contributed by atoms with E-state index in [9.17, 15) is 0 Å². The number of rotatable bonds is 2. The third kappa shape index (κ3) is 4.83. The van der Waals surface area contributed by atoms with Crippen molar-refractivity contribution in [3.8, 4) is 0 Å². The number of halogens is 1. The molecule has 0 aliphatic heterocycles. The Morgan fingerprint density at radius 2 is 1.94 bits per heavy atom. The van der Waals surface area contributed by atoms with Crippen LogP contribution in [0.15, 0.2) is 4.99 Å². The van der Waals surface area contributed by atoms with Gasteiger partial charge in [0.1, 0.15) is 0 Å². The first-order valence-electron chi connectivity index (χ1n) is 5.78. The van der Waals surface area contributed by atoms with Crippen molar-refractivity contribution >= 4 is 29.9 Å². The van der Waals surface area contributed by atoms with Gasteiger partial charge in [-0.15, -0.1) is 24.0 Å². The molecular weight excluding hydrogens is 341 g/mol. The molecule has 0 fully saturated rings. The van der Waals surface area contributed by atoms with Gasteiger partial charge in [-0.1, -0.05) is 0 Å². The summed E-state index contributed by atoms with van der Waals surface area (Å²) in [5.41, 5.74) is 9.05. The summed E-state index contributed by atoms with van der Waals surface area (Å²) in [6, 6.07) is 0. The van der Waals surface area contributed by atoms with Gasteiger partial charge in [0.25, 0.3) is 0 Å². The molecule has 1 aromatic rings. The van der Waals surface area contributed by atoms with Gasteiger partial charge in [0.2, 0.25) is 0 Å². The molecule has 0 amide bonds. The summed E-state index contributed by atoms with van der Waals surface area (Å²) in [5, 5.41) is 7.48. The van der Waals surface area contributed by atoms with E-state index in [-0.39, 0.29) is 29.5 Å². The first-order chi connectivity index (χ1) is 7.70. The van der Waals surface area contributed by atoms with Gasteiger partial charge in [-0.05, 0) is 34.6 Å². The highest BCUT2D eigenvalue weighted by molar-refractivity contribution is 14.0. The van der Waals surface area contributed by atoms with Crippen molar-refractivity contribution in [1.82, 2.24) is 15.1 Å². The third-order valence-corrected chi connectivity index (χ3v) is 2.57. The molecule has 0 atom stereocenters. The second kappa shape index (κ2) is 6.40. The van der Waals surface area contributed by atoms with E-state index in [0.717, 1.165) is 17.0 Å². The van der Waals surface area contributed by atoms with Crippen molar-refractivity contribution in [3.05, 3.63) is 17.0 Å². The van der Waals surface area contributed by atoms with Crippen LogP contribution >= 0.6 is 24.0 Å². The summed E-state index contributed by atoms with van der Waals surface area (Å²) in [4.78, 5) is 4.34. The number of aryl methyl sites for hydroxylation is 2. The van der Waals surface area contributed by atoms with Crippen molar-refractivity contribution in [2.45, 2.75) is 46.7 Å². The number of hydrogen-bond donors (Lipinski definition) is 2. The summed E-state index contributed by atoms with van der Waals surface area (Å²) in [7, 11) is 1.94. The molecule has 5 nitrogen and oxygen atoms in total. The van der Waals surface area contributed by atoms with E-state index < -0.39 is 0 Å². The molecule has 0 spiro atoms. The predicted molar refractivity (Wildman–Crippen MR) is 86.3 cm³/mol. The lowest BCUT2D eigenvalue weighted by Gasteiger charge is -2.20. The zero-order valence-electron chi connectivity index (χ0n) is 12.0. The van der Waals surface area contributed by atoms with Crippen molar-refractivity contribution in [2.24, 2.45) is 17.8 Å². The molecule has 104 valence electrons. The normalized spacial score (nSPS) is 12.2. The van der Waals surface area contributed by atoms with E-state index in [1.165, 1.54) is 0 Å². The van der Waals surface area contributed by atoms with E-state index in [1.807, 2.05) is 25.6 Å². The number of aromatic nitrogens is 2. The Kier molecular flexibility index (Phi) is 6.12. The third-order valence-electron chi connectivity index (χ3n) is 2.57. The molecule has 0 saturated carbocycles. The van der Waals surface area contributed by atoms with Crippen LogP contribution in [0.3, 0.4) is 0 Å². The van der Waals surface area contributed by atoms with E-state index in [0.29, 0.717) is 12.5 Å². The summed E-state index contributed by atoms with van der Waals surface area (Å²) in [6.07, 6.45) is 0. The lowest BCUT2D eigenvalue weighted by Crippen LogP contribution is -2.45. The fourth-order valence-electron chi connectivity index (χ4n) is 1.63. The van der Waals surface area contributed by atoms with Crippen LogP contribution in [0.25, 0.3) is 0 Å². The Labute approximate surface area is 126 Å². The van der Waals surface area contributed by atoms with Gasteiger partial charge in [0.05, 0.1) is 12.2 Å². The quantitative estimate of drug-likeness (QED) is 0.478. The first kappa shape index (κ1) is 17.2. The molecule has 0 aliphatic rings. The van der Waals surface area contributed by atoms with Crippen molar-refractivity contribution < 1.29 is 0 Å². The highest BCUT2D eigenvalue weighted by Gasteiger charge is 2.11. The molecule has 1 aromatic heterocycles. The van der Waals surface area contributed by atoms with Gasteiger partial charge in [-0.3, -0.25) is 4.68 Å². The van der Waals surface area contributed by atoms with Crippen LogP contribution in [0, 0.1) is 13.8 Å². The van der Waals surface area contributed by atoms with Crippen molar-refractivity contribution in [1.29, 1.82) is 0 Å². The summed E-state index contributed by atoms with van der Waals surface area (Å²) in [6.45, 7) is 10.8. The standard InChI is InChI=1S/C12H23N5.HI/c1-8-10(9(2)17(6)16-8)7-14-11(13)15-12(3,4)5;/h7H2,1-6H3,(H3,13,14,15);1H. The van der Waals surface area contributed by atoms with Crippen LogP contribution in [0.1, 0.15) is 37.7 Å². The highest BCUT2D eigenvalue weighted by Crippen LogP contribution is 2.12. The molecule has 0 saturated heterocycles. The molecule has 6 heteroatoms. The average molecular weight is 365 g/mol. The smallest absolute Gasteiger partial charge is 0.189 e. The lowest BCUT2D eigenvalue weighted by atomic mass is 10.1. The molecule has 0 aliphatic carbocycles. The van der Waals surface area contributed by atoms with Crippen LogP contribution in [0.5, 0.6) is 0 Å². The molecular formula is C12H24IN5. The Bertz CT molecular complexity index is 428. The van der Waals surface area contributed by atoms with Crippen molar-refractivity contribution in [3.63, 3.8) is 0 Å².